The molecule has 1 saturated carbocycles. The number of aromatic amines is 1. The summed E-state index contributed by atoms with van der Waals surface area (Å²) in [5, 5.41) is 5.28. The first-order valence-electron chi connectivity index (χ1n) is 10.1. The van der Waals surface area contributed by atoms with Crippen molar-refractivity contribution in [3.8, 4) is 11.3 Å². The zero-order chi connectivity index (χ0) is 20.1. The minimum absolute atomic E-state index is 0.129. The van der Waals surface area contributed by atoms with E-state index in [1.54, 1.807) is 0 Å². The topological polar surface area (TPSA) is 62.2 Å². The lowest BCUT2D eigenvalue weighted by molar-refractivity contribution is 0.749. The van der Waals surface area contributed by atoms with E-state index in [2.05, 4.69) is 23.3 Å². The van der Waals surface area contributed by atoms with Crippen molar-refractivity contribution in [3.05, 3.63) is 63.0 Å². The number of hydrogen-bond acceptors (Lipinski definition) is 3. The van der Waals surface area contributed by atoms with Gasteiger partial charge in [0, 0.05) is 12.2 Å². The Balaban J connectivity index is 1.74. The molecule has 0 saturated heterocycles. The lowest BCUT2D eigenvalue weighted by atomic mass is 10.0. The number of rotatable bonds is 3. The van der Waals surface area contributed by atoms with E-state index in [0.29, 0.717) is 22.3 Å². The van der Waals surface area contributed by atoms with E-state index in [1.807, 2.05) is 41.8 Å². The molecule has 0 radical (unpaired) electrons. The summed E-state index contributed by atoms with van der Waals surface area (Å²) < 4.78 is 1.96. The number of nitrogens with one attached hydrogen (secondary N) is 2. The van der Waals surface area contributed by atoms with Gasteiger partial charge in [-0.25, -0.2) is 4.98 Å². The summed E-state index contributed by atoms with van der Waals surface area (Å²) in [4.78, 5) is 21.0. The highest BCUT2D eigenvalue weighted by Gasteiger charge is 2.22. The second-order valence-electron chi connectivity index (χ2n) is 7.99. The standard InChI is InChI=1S/C23H23ClN4O/c1-13-7-8-15-11-18(23(29)27-20(15)14(13)2)21-22(25-17-5-3-4-6-17)28-12-16(24)9-10-19(28)26-21/h7-12,17,25H,3-6H2,1-2H3,(H,27,29). The number of fused-ring (bicyclic) bond motifs is 2. The van der Waals surface area contributed by atoms with Crippen LogP contribution in [-0.4, -0.2) is 20.4 Å². The van der Waals surface area contributed by atoms with Crippen LogP contribution in [0.15, 0.2) is 41.3 Å². The molecule has 0 atom stereocenters. The fourth-order valence-electron chi connectivity index (χ4n) is 4.31. The van der Waals surface area contributed by atoms with E-state index in [0.717, 1.165) is 46.3 Å². The zero-order valence-corrected chi connectivity index (χ0v) is 17.3. The van der Waals surface area contributed by atoms with Gasteiger partial charge in [0.15, 0.2) is 0 Å². The number of halogens is 1. The fourth-order valence-corrected chi connectivity index (χ4v) is 4.47. The smallest absolute Gasteiger partial charge is 0.258 e. The molecule has 5 nitrogen and oxygen atoms in total. The van der Waals surface area contributed by atoms with E-state index in [9.17, 15) is 4.79 Å². The van der Waals surface area contributed by atoms with Crippen molar-refractivity contribution in [1.29, 1.82) is 0 Å². The molecule has 0 aliphatic heterocycles. The predicted molar refractivity (Wildman–Crippen MR) is 119 cm³/mol. The number of pyridine rings is 2. The van der Waals surface area contributed by atoms with Crippen molar-refractivity contribution in [2.24, 2.45) is 0 Å². The molecule has 5 rings (SSSR count). The Bertz CT molecular complexity index is 1300. The molecule has 2 N–H and O–H groups in total. The molecule has 6 heteroatoms. The maximum absolute atomic E-state index is 13.1. The van der Waals surface area contributed by atoms with Crippen LogP contribution in [-0.2, 0) is 0 Å². The van der Waals surface area contributed by atoms with Crippen molar-refractivity contribution in [3.63, 3.8) is 0 Å². The summed E-state index contributed by atoms with van der Waals surface area (Å²) >= 11 is 6.26. The number of hydrogen-bond donors (Lipinski definition) is 2. The molecule has 3 aromatic heterocycles. The Kier molecular flexibility index (Phi) is 4.36. The van der Waals surface area contributed by atoms with Crippen LogP contribution in [0, 0.1) is 13.8 Å². The molecule has 0 amide bonds. The summed E-state index contributed by atoms with van der Waals surface area (Å²) in [6, 6.07) is 10.2. The van der Waals surface area contributed by atoms with Gasteiger partial charge in [0.05, 0.1) is 16.1 Å². The number of anilines is 1. The van der Waals surface area contributed by atoms with Gasteiger partial charge in [-0.2, -0.15) is 0 Å². The van der Waals surface area contributed by atoms with Crippen LogP contribution in [0.4, 0.5) is 5.82 Å². The van der Waals surface area contributed by atoms with Crippen LogP contribution in [0.5, 0.6) is 0 Å². The number of nitrogens with zero attached hydrogens (tertiary/aromatic N) is 2. The van der Waals surface area contributed by atoms with Gasteiger partial charge >= 0.3 is 0 Å². The van der Waals surface area contributed by atoms with Crippen molar-refractivity contribution in [2.75, 3.05) is 5.32 Å². The van der Waals surface area contributed by atoms with E-state index in [1.165, 1.54) is 12.8 Å². The summed E-state index contributed by atoms with van der Waals surface area (Å²) in [6.45, 7) is 4.09. The maximum atomic E-state index is 13.1. The summed E-state index contributed by atoms with van der Waals surface area (Å²) in [5.41, 5.74) is 5.02. The molecular weight excluding hydrogens is 384 g/mol. The van der Waals surface area contributed by atoms with Gasteiger partial charge in [0.25, 0.3) is 5.56 Å². The van der Waals surface area contributed by atoms with E-state index in [4.69, 9.17) is 16.6 Å². The Morgan fingerprint density at radius 3 is 2.76 bits per heavy atom. The molecule has 1 fully saturated rings. The van der Waals surface area contributed by atoms with Crippen LogP contribution in [0.3, 0.4) is 0 Å². The lowest BCUT2D eigenvalue weighted by Gasteiger charge is -2.15. The average molecular weight is 407 g/mol. The van der Waals surface area contributed by atoms with Crippen LogP contribution in [0.2, 0.25) is 5.02 Å². The Morgan fingerprint density at radius 2 is 1.97 bits per heavy atom. The van der Waals surface area contributed by atoms with Crippen LogP contribution in [0.1, 0.15) is 36.8 Å². The highest BCUT2D eigenvalue weighted by Crippen LogP contribution is 2.32. The van der Waals surface area contributed by atoms with Crippen LogP contribution < -0.4 is 10.9 Å². The quantitative estimate of drug-likeness (QED) is 0.474. The number of H-pyrrole nitrogens is 1. The summed E-state index contributed by atoms with van der Waals surface area (Å²) in [5.74, 6) is 0.836. The van der Waals surface area contributed by atoms with Crippen molar-refractivity contribution in [1.82, 2.24) is 14.4 Å². The van der Waals surface area contributed by atoms with Crippen molar-refractivity contribution < 1.29 is 0 Å². The third-order valence-electron chi connectivity index (χ3n) is 6.08. The number of imidazole rings is 1. The molecule has 0 spiro atoms. The zero-order valence-electron chi connectivity index (χ0n) is 16.6. The molecule has 29 heavy (non-hydrogen) atoms. The second-order valence-corrected chi connectivity index (χ2v) is 8.43. The van der Waals surface area contributed by atoms with E-state index in [-0.39, 0.29) is 5.56 Å². The minimum atomic E-state index is -0.129. The number of aryl methyl sites for hydroxylation is 2. The Hall–Kier alpha value is -2.79. The Morgan fingerprint density at radius 1 is 1.17 bits per heavy atom. The van der Waals surface area contributed by atoms with Gasteiger partial charge in [0.2, 0.25) is 0 Å². The molecule has 148 valence electrons. The first-order chi connectivity index (χ1) is 14.0. The summed E-state index contributed by atoms with van der Waals surface area (Å²) in [7, 11) is 0. The molecule has 1 aromatic carbocycles. The average Bonchev–Trinajstić information content (AvgIpc) is 3.34. The van der Waals surface area contributed by atoms with Crippen LogP contribution in [0.25, 0.3) is 27.8 Å². The molecule has 1 aliphatic carbocycles. The lowest BCUT2D eigenvalue weighted by Crippen LogP contribution is -2.17. The predicted octanol–water partition coefficient (Wildman–Crippen LogP) is 5.47. The van der Waals surface area contributed by atoms with E-state index >= 15 is 0 Å². The third kappa shape index (κ3) is 3.10. The molecule has 3 heterocycles. The first-order valence-corrected chi connectivity index (χ1v) is 10.5. The van der Waals surface area contributed by atoms with Crippen molar-refractivity contribution >= 4 is 34.0 Å². The van der Waals surface area contributed by atoms with Gasteiger partial charge in [-0.05, 0) is 61.4 Å². The van der Waals surface area contributed by atoms with Gasteiger partial charge in [-0.1, -0.05) is 36.6 Å². The normalized spacial score (nSPS) is 14.9. The highest BCUT2D eigenvalue weighted by atomic mass is 35.5. The van der Waals surface area contributed by atoms with E-state index < -0.39 is 0 Å². The van der Waals surface area contributed by atoms with Gasteiger partial charge in [0.1, 0.15) is 17.2 Å². The first kappa shape index (κ1) is 18.3. The maximum Gasteiger partial charge on any atom is 0.258 e. The second kappa shape index (κ2) is 6.92. The molecule has 1 aliphatic rings. The highest BCUT2D eigenvalue weighted by molar-refractivity contribution is 6.30. The molecular formula is C23H23ClN4O. The molecule has 0 unspecified atom stereocenters. The summed E-state index contributed by atoms with van der Waals surface area (Å²) in [6.07, 6.45) is 6.55. The fraction of sp³-hybridized carbons (Fsp3) is 0.304. The van der Waals surface area contributed by atoms with Crippen molar-refractivity contribution in [2.45, 2.75) is 45.6 Å². The van der Waals surface area contributed by atoms with Gasteiger partial charge in [-0.15, -0.1) is 0 Å². The number of aromatic nitrogens is 3. The Labute approximate surface area is 173 Å². The third-order valence-corrected chi connectivity index (χ3v) is 6.31. The largest absolute Gasteiger partial charge is 0.367 e. The van der Waals surface area contributed by atoms with Crippen LogP contribution >= 0.6 is 11.6 Å². The number of benzene rings is 1. The molecule has 0 bridgehead atoms. The van der Waals surface area contributed by atoms with Gasteiger partial charge < -0.3 is 10.3 Å². The van der Waals surface area contributed by atoms with Gasteiger partial charge in [-0.3, -0.25) is 9.20 Å². The SMILES string of the molecule is Cc1ccc2cc(-c3nc4ccc(Cl)cn4c3NC3CCCC3)c(=O)[nH]c2c1C. The molecule has 4 aromatic rings. The monoisotopic (exact) mass is 406 g/mol. The minimum Gasteiger partial charge on any atom is -0.367 e.